The van der Waals surface area contributed by atoms with Crippen LogP contribution in [0.25, 0.3) is 0 Å². The Bertz CT molecular complexity index is 1690. The first-order valence-corrected chi connectivity index (χ1v) is 34.6. The fourth-order valence-corrected chi connectivity index (χ4v) is 22.7. The van der Waals surface area contributed by atoms with Crippen LogP contribution >= 0.6 is 11.1 Å². The highest BCUT2D eigenvalue weighted by atomic mass is 35.6. The maximum atomic E-state index is 12.9. The number of alkyl halides is 12. The molecule has 0 aromatic rings. The molecule has 0 fully saturated rings. The third kappa shape index (κ3) is 19.5. The summed E-state index contributed by atoms with van der Waals surface area (Å²) in [4.78, 5) is 0. The fraction of sp³-hybridized carbons (Fsp3) is 0.769. The molecule has 0 heterocycles. The predicted octanol–water partition coefficient (Wildman–Crippen LogP) is 8.63. The normalized spacial score (nSPS) is 14.4. The Kier molecular flexibility index (Phi) is 24.2. The lowest BCUT2D eigenvalue weighted by molar-refractivity contribution is -0.0484. The van der Waals surface area contributed by atoms with Gasteiger partial charge < -0.3 is 13.7 Å². The molecule has 0 saturated heterocycles. The van der Waals surface area contributed by atoms with Crippen molar-refractivity contribution in [1.82, 2.24) is 0 Å². The molecule has 0 radical (unpaired) electrons. The van der Waals surface area contributed by atoms with Gasteiger partial charge in [0.05, 0.1) is 0 Å². The molecule has 0 atom stereocenters. The second kappa shape index (κ2) is 22.0. The van der Waals surface area contributed by atoms with Crippen molar-refractivity contribution in [3.63, 3.8) is 0 Å². The van der Waals surface area contributed by atoms with E-state index in [1.807, 2.05) is 18.8 Å². The highest BCUT2D eigenvalue weighted by molar-refractivity contribution is 8.10. The quantitative estimate of drug-likeness (QED) is 0.0731. The van der Waals surface area contributed by atoms with E-state index in [-0.39, 0.29) is 17.9 Å². The fourth-order valence-electron chi connectivity index (χ4n) is 3.83. The van der Waals surface area contributed by atoms with Gasteiger partial charge in [-0.05, 0) is 58.0 Å². The molecule has 0 bridgehead atoms. The molecule has 11 nitrogen and oxygen atoms in total. The number of halogens is 13. The maximum absolute atomic E-state index is 12.9. The molecule has 0 amide bonds. The van der Waals surface area contributed by atoms with Gasteiger partial charge in [-0.1, -0.05) is 50.0 Å². The lowest BCUT2D eigenvalue weighted by Gasteiger charge is -2.39. The molecule has 0 aromatic carbocycles. The van der Waals surface area contributed by atoms with E-state index in [0.717, 1.165) is 0 Å². The summed E-state index contributed by atoms with van der Waals surface area (Å²) in [6, 6.07) is -0.237. The Morgan fingerprint density at radius 2 is 0.759 bits per heavy atom. The zero-order chi connectivity index (χ0) is 46.9. The standard InChI is InChI=1S/C15H28F6O6S2Si3.C7H10F6O4S2.C4H9ClSi.H2O/c1-8-30(3,4)26-32(7,27-31(5,6)9-2)12-10-11-13(28(22,23)14(16,17)18)29(24,25)15(19,20)21;1-2-3-4-5(18(14,15)6(8,9)10)19(16,17)7(11,12)13;1-4-6(2,3)5;/h8-9,13H,1-2,10-12H2,3-7H3;5H,2-4H2,1H3;4H,1H2,2-3H3;1H2. The highest BCUT2D eigenvalue weighted by Gasteiger charge is 2.63. The molecule has 0 unspecified atom stereocenters. The molecule has 0 aliphatic carbocycles. The van der Waals surface area contributed by atoms with Crippen molar-refractivity contribution in [3.05, 3.63) is 36.8 Å². The summed E-state index contributed by atoms with van der Waals surface area (Å²) in [5.74, 6) is 0. The van der Waals surface area contributed by atoms with Crippen molar-refractivity contribution < 1.29 is 100 Å². The van der Waals surface area contributed by atoms with E-state index < -0.39 is 129 Å². The van der Waals surface area contributed by atoms with E-state index in [2.05, 4.69) is 19.7 Å². The van der Waals surface area contributed by atoms with Crippen LogP contribution in [0.3, 0.4) is 0 Å². The summed E-state index contributed by atoms with van der Waals surface area (Å²) in [6.45, 7) is 24.8. The topological polar surface area (TPSA) is 187 Å². The number of hydrogen-bond donors (Lipinski definition) is 0. The van der Waals surface area contributed by atoms with Crippen LogP contribution in [0.5, 0.6) is 0 Å². The molecule has 2 N–H and O–H groups in total. The third-order valence-corrected chi connectivity index (χ3v) is 28.6. The van der Waals surface area contributed by atoms with E-state index >= 15 is 0 Å². The first-order chi connectivity index (χ1) is 24.6. The van der Waals surface area contributed by atoms with Crippen molar-refractivity contribution in [3.8, 4) is 0 Å². The van der Waals surface area contributed by atoms with E-state index in [0.29, 0.717) is 0 Å². The molecule has 0 aliphatic rings. The van der Waals surface area contributed by atoms with Crippen LogP contribution in [-0.4, -0.2) is 103 Å². The SMILES string of the molecule is C=C[Si](C)(C)Cl.C=C[Si](C)(C)O[Si](C)(CCCC(S(=O)(=O)C(F)(F)F)S(=O)(=O)C(F)(F)F)O[Si](C)(C)C=C.CCCCC(S(=O)(=O)C(F)(F)F)S(=O)(=O)C(F)(F)F.O. The van der Waals surface area contributed by atoms with Crippen molar-refractivity contribution in [2.75, 3.05) is 0 Å². The van der Waals surface area contributed by atoms with Gasteiger partial charge in [0.15, 0.2) is 33.2 Å². The van der Waals surface area contributed by atoms with Gasteiger partial charge >= 0.3 is 30.6 Å². The Morgan fingerprint density at radius 1 is 0.534 bits per heavy atom. The van der Waals surface area contributed by atoms with Gasteiger partial charge in [0, 0.05) is 0 Å². The maximum Gasteiger partial charge on any atom is 0.498 e. The molecule has 0 saturated carbocycles. The number of unbranched alkanes of at least 4 members (excludes halogenated alkanes) is 1. The zero-order valence-electron chi connectivity index (χ0n) is 32.4. The Balaban J connectivity index is -0.000000472. The molecule has 32 heteroatoms. The smallest absolute Gasteiger partial charge is 0.433 e. The Hall–Kier alpha value is -0.782. The average molecular weight is 1040 g/mol. The molecule has 0 aliphatic heterocycles. The summed E-state index contributed by atoms with van der Waals surface area (Å²) in [5, 5.41) is 0. The van der Waals surface area contributed by atoms with Gasteiger partial charge in [-0.15, -0.1) is 19.7 Å². The van der Waals surface area contributed by atoms with Gasteiger partial charge in [-0.2, -0.15) is 63.8 Å². The minimum absolute atomic E-state index is 0. The summed E-state index contributed by atoms with van der Waals surface area (Å²) in [7, 11) is -36.0. The molecule has 0 spiro atoms. The molecule has 58 heavy (non-hydrogen) atoms. The van der Waals surface area contributed by atoms with E-state index in [1.54, 1.807) is 37.6 Å². The molecule has 0 rings (SSSR count). The van der Waals surface area contributed by atoms with Crippen molar-refractivity contribution in [1.29, 1.82) is 0 Å². The van der Waals surface area contributed by atoms with Crippen molar-refractivity contribution in [2.45, 2.75) is 122 Å². The van der Waals surface area contributed by atoms with Gasteiger partial charge in [0.1, 0.15) is 0 Å². The predicted molar refractivity (Wildman–Crippen MR) is 207 cm³/mol. The molecular formula is C26H49ClF12O11S4Si4. The molecule has 350 valence electrons. The minimum Gasteiger partial charge on any atom is -0.433 e. The third-order valence-electron chi connectivity index (χ3n) is 6.97. The van der Waals surface area contributed by atoms with E-state index in [1.165, 1.54) is 13.5 Å². The lowest BCUT2D eigenvalue weighted by atomic mass is 10.3. The second-order valence-corrected chi connectivity index (χ2v) is 40.8. The van der Waals surface area contributed by atoms with Gasteiger partial charge in [0.25, 0.3) is 39.3 Å². The second-order valence-electron chi connectivity index (χ2n) is 13.6. The van der Waals surface area contributed by atoms with Crippen LogP contribution in [0.1, 0.15) is 39.0 Å². The van der Waals surface area contributed by atoms with Crippen LogP contribution in [0.4, 0.5) is 52.7 Å². The van der Waals surface area contributed by atoms with Crippen LogP contribution in [0.15, 0.2) is 36.8 Å². The van der Waals surface area contributed by atoms with E-state index in [4.69, 9.17) is 19.3 Å². The number of sulfone groups is 4. The van der Waals surface area contributed by atoms with Crippen LogP contribution in [0.2, 0.25) is 51.9 Å². The van der Waals surface area contributed by atoms with Crippen LogP contribution < -0.4 is 0 Å². The first kappa shape index (κ1) is 63.9. The lowest BCUT2D eigenvalue weighted by Crippen LogP contribution is -2.53. The van der Waals surface area contributed by atoms with Gasteiger partial charge in [-0.3, -0.25) is 0 Å². The summed E-state index contributed by atoms with van der Waals surface area (Å²) >= 11 is 5.74. The van der Waals surface area contributed by atoms with Gasteiger partial charge in [0.2, 0.25) is 0 Å². The van der Waals surface area contributed by atoms with Gasteiger partial charge in [-0.25, -0.2) is 33.7 Å². The number of hydrogen-bond acceptors (Lipinski definition) is 10. The summed E-state index contributed by atoms with van der Waals surface area (Å²) in [5.41, 5.74) is -19.6. The highest BCUT2D eigenvalue weighted by Crippen LogP contribution is 2.40. The molecular weight excluding hydrogens is 992 g/mol. The minimum atomic E-state index is -6.67. The zero-order valence-corrected chi connectivity index (χ0v) is 40.4. The van der Waals surface area contributed by atoms with Crippen molar-refractivity contribution >= 4 is 83.0 Å². The Morgan fingerprint density at radius 3 is 0.931 bits per heavy atom. The molecule has 0 aromatic heterocycles. The van der Waals surface area contributed by atoms with Crippen molar-refractivity contribution in [2.24, 2.45) is 0 Å². The Labute approximate surface area is 340 Å². The monoisotopic (exact) mass is 1040 g/mol. The summed E-state index contributed by atoms with van der Waals surface area (Å²) < 4.78 is 246. The largest absolute Gasteiger partial charge is 0.498 e. The first-order valence-electron chi connectivity index (χ1n) is 15.8. The van der Waals surface area contributed by atoms with Crippen LogP contribution in [0, 0.1) is 0 Å². The van der Waals surface area contributed by atoms with Crippen LogP contribution in [-0.2, 0) is 47.6 Å². The summed E-state index contributed by atoms with van der Waals surface area (Å²) in [6.07, 6.45) is -3.68. The number of rotatable bonds is 18. The average Bonchev–Trinajstić information content (AvgIpc) is 2.96. The van der Waals surface area contributed by atoms with E-state index in [9.17, 15) is 86.4 Å².